The smallest absolute Gasteiger partial charge is 0.201 e. The summed E-state index contributed by atoms with van der Waals surface area (Å²) in [5.41, 5.74) is 5.71. The maximum atomic E-state index is 11.2. The minimum absolute atomic E-state index is 0.141. The van der Waals surface area contributed by atoms with Gasteiger partial charge in [-0.1, -0.05) is 0 Å². The predicted octanol–water partition coefficient (Wildman–Crippen LogP) is -0.0932. The number of ketones is 2. The highest BCUT2D eigenvalue weighted by atomic mass is 16.1. The molecule has 0 saturated carbocycles. The Morgan fingerprint density at radius 2 is 2.00 bits per heavy atom. The highest BCUT2D eigenvalue weighted by molar-refractivity contribution is 6.16. The maximum Gasteiger partial charge on any atom is 0.201 e. The fourth-order valence-electron chi connectivity index (χ4n) is 1.14. The molecule has 76 valence electrons. The third-order valence-electron chi connectivity index (χ3n) is 1.90. The summed E-state index contributed by atoms with van der Waals surface area (Å²) in [6.07, 6.45) is 5.70. The summed E-state index contributed by atoms with van der Waals surface area (Å²) >= 11 is 0. The molecule has 0 unspecified atom stereocenters. The van der Waals surface area contributed by atoms with Crippen molar-refractivity contribution in [2.45, 2.75) is 12.8 Å². The van der Waals surface area contributed by atoms with Crippen molar-refractivity contribution in [2.24, 2.45) is 5.73 Å². The normalized spacial score (nSPS) is 15.6. The van der Waals surface area contributed by atoms with Crippen LogP contribution < -0.4 is 11.1 Å². The molecule has 0 aromatic carbocycles. The van der Waals surface area contributed by atoms with E-state index < -0.39 is 0 Å². The van der Waals surface area contributed by atoms with Crippen molar-refractivity contribution >= 4 is 11.6 Å². The van der Waals surface area contributed by atoms with Crippen LogP contribution in [0.4, 0.5) is 0 Å². The number of carbonyl (C=O) groups excluding carboxylic acids is 2. The predicted molar refractivity (Wildman–Crippen MR) is 53.5 cm³/mol. The summed E-state index contributed by atoms with van der Waals surface area (Å²) in [4.78, 5) is 22.1. The summed E-state index contributed by atoms with van der Waals surface area (Å²) in [5.74, 6) is -0.289. The van der Waals surface area contributed by atoms with Gasteiger partial charge >= 0.3 is 0 Å². The van der Waals surface area contributed by atoms with Gasteiger partial charge in [0.1, 0.15) is 0 Å². The number of rotatable bonds is 5. The lowest BCUT2D eigenvalue weighted by molar-refractivity contribution is -0.114. The fraction of sp³-hybridized carbons (Fsp3) is 0.400. The molecule has 0 amide bonds. The number of hydrogen-bond donors (Lipinski definition) is 2. The molecule has 14 heavy (non-hydrogen) atoms. The molecule has 4 nitrogen and oxygen atoms in total. The molecule has 0 fully saturated rings. The van der Waals surface area contributed by atoms with Crippen LogP contribution in [0, 0.1) is 0 Å². The van der Waals surface area contributed by atoms with Gasteiger partial charge in [-0.2, -0.15) is 0 Å². The SMILES string of the molecule is NCCCCNC1=CC(=O)C=CC1=O. The summed E-state index contributed by atoms with van der Waals surface area (Å²) in [7, 11) is 0. The van der Waals surface area contributed by atoms with Crippen LogP contribution in [0.2, 0.25) is 0 Å². The van der Waals surface area contributed by atoms with Gasteiger partial charge in [0, 0.05) is 12.6 Å². The molecule has 0 heterocycles. The van der Waals surface area contributed by atoms with Gasteiger partial charge in [0.15, 0.2) is 5.78 Å². The van der Waals surface area contributed by atoms with Crippen molar-refractivity contribution in [3.63, 3.8) is 0 Å². The molecule has 0 bridgehead atoms. The zero-order valence-electron chi connectivity index (χ0n) is 7.95. The lowest BCUT2D eigenvalue weighted by Gasteiger charge is -2.09. The average molecular weight is 194 g/mol. The zero-order valence-corrected chi connectivity index (χ0v) is 7.95. The standard InChI is InChI=1S/C10H14N2O2/c11-5-1-2-6-12-9-7-8(13)3-4-10(9)14/h3-4,7,12H,1-2,5-6,11H2. The van der Waals surface area contributed by atoms with Crippen molar-refractivity contribution in [1.29, 1.82) is 0 Å². The molecule has 1 aliphatic rings. The Labute approximate surface area is 82.9 Å². The van der Waals surface area contributed by atoms with Crippen LogP contribution in [0.15, 0.2) is 23.9 Å². The molecule has 3 N–H and O–H groups in total. The zero-order chi connectivity index (χ0) is 10.4. The van der Waals surface area contributed by atoms with Gasteiger partial charge in [-0.3, -0.25) is 9.59 Å². The highest BCUT2D eigenvalue weighted by Gasteiger charge is 2.11. The fourth-order valence-corrected chi connectivity index (χ4v) is 1.14. The minimum Gasteiger partial charge on any atom is -0.382 e. The number of allylic oxidation sites excluding steroid dienone is 3. The Bertz CT molecular complexity index is 292. The summed E-state index contributed by atoms with van der Waals surface area (Å²) in [6.45, 7) is 1.32. The molecule has 0 aliphatic heterocycles. The van der Waals surface area contributed by atoms with E-state index >= 15 is 0 Å². The second-order valence-corrected chi connectivity index (χ2v) is 3.08. The first kappa shape index (κ1) is 10.7. The number of hydrogen-bond acceptors (Lipinski definition) is 4. The second kappa shape index (κ2) is 5.34. The maximum absolute atomic E-state index is 11.2. The molecule has 1 aliphatic carbocycles. The molecule has 0 spiro atoms. The van der Waals surface area contributed by atoms with E-state index in [1.54, 1.807) is 0 Å². The van der Waals surface area contributed by atoms with E-state index in [-0.39, 0.29) is 11.6 Å². The Kier molecular flexibility index (Phi) is 4.07. The summed E-state index contributed by atoms with van der Waals surface area (Å²) < 4.78 is 0. The van der Waals surface area contributed by atoms with E-state index in [1.807, 2.05) is 0 Å². The van der Waals surface area contributed by atoms with E-state index in [2.05, 4.69) is 5.32 Å². The van der Waals surface area contributed by atoms with Crippen LogP contribution in [0.5, 0.6) is 0 Å². The van der Waals surface area contributed by atoms with Crippen molar-refractivity contribution in [3.8, 4) is 0 Å². The third-order valence-corrected chi connectivity index (χ3v) is 1.90. The van der Waals surface area contributed by atoms with Gasteiger partial charge in [0.25, 0.3) is 0 Å². The van der Waals surface area contributed by atoms with Crippen LogP contribution >= 0.6 is 0 Å². The van der Waals surface area contributed by atoms with Gasteiger partial charge in [0.2, 0.25) is 5.78 Å². The quantitative estimate of drug-likeness (QED) is 0.474. The van der Waals surface area contributed by atoms with Crippen LogP contribution in [-0.2, 0) is 9.59 Å². The van der Waals surface area contributed by atoms with Gasteiger partial charge in [-0.05, 0) is 31.5 Å². The van der Waals surface area contributed by atoms with Crippen molar-refractivity contribution in [1.82, 2.24) is 5.32 Å². The van der Waals surface area contributed by atoms with Crippen LogP contribution in [0.3, 0.4) is 0 Å². The largest absolute Gasteiger partial charge is 0.382 e. The Balaban J connectivity index is 2.36. The molecule has 0 radical (unpaired) electrons. The van der Waals surface area contributed by atoms with E-state index in [9.17, 15) is 9.59 Å². The van der Waals surface area contributed by atoms with Crippen LogP contribution in [0.1, 0.15) is 12.8 Å². The van der Waals surface area contributed by atoms with Crippen molar-refractivity contribution in [3.05, 3.63) is 23.9 Å². The molecule has 0 aromatic heterocycles. The van der Waals surface area contributed by atoms with Crippen LogP contribution in [0.25, 0.3) is 0 Å². The number of nitrogens with two attached hydrogens (primary N) is 1. The van der Waals surface area contributed by atoms with Crippen LogP contribution in [-0.4, -0.2) is 24.7 Å². The Morgan fingerprint density at radius 3 is 2.71 bits per heavy atom. The number of carbonyl (C=O) groups is 2. The minimum atomic E-state index is -0.147. The van der Waals surface area contributed by atoms with Gasteiger partial charge in [-0.25, -0.2) is 0 Å². The van der Waals surface area contributed by atoms with E-state index in [0.29, 0.717) is 18.8 Å². The van der Waals surface area contributed by atoms with E-state index in [1.165, 1.54) is 18.2 Å². The Morgan fingerprint density at radius 1 is 1.21 bits per heavy atom. The third kappa shape index (κ3) is 3.14. The summed E-state index contributed by atoms with van der Waals surface area (Å²) in [6, 6.07) is 0. The van der Waals surface area contributed by atoms with E-state index in [0.717, 1.165) is 12.8 Å². The first-order valence-electron chi connectivity index (χ1n) is 4.66. The van der Waals surface area contributed by atoms with E-state index in [4.69, 9.17) is 5.73 Å². The first-order valence-corrected chi connectivity index (χ1v) is 4.66. The lowest BCUT2D eigenvalue weighted by Crippen LogP contribution is -2.23. The van der Waals surface area contributed by atoms with Gasteiger partial charge in [0.05, 0.1) is 5.70 Å². The molecular formula is C10H14N2O2. The molecule has 0 atom stereocenters. The Hall–Kier alpha value is -1.42. The summed E-state index contributed by atoms with van der Waals surface area (Å²) in [5, 5.41) is 2.92. The molecule has 1 rings (SSSR count). The number of nitrogens with one attached hydrogen (secondary N) is 1. The molecule has 4 heteroatoms. The van der Waals surface area contributed by atoms with Gasteiger partial charge in [-0.15, -0.1) is 0 Å². The molecule has 0 aromatic rings. The second-order valence-electron chi connectivity index (χ2n) is 3.08. The first-order chi connectivity index (χ1) is 6.74. The lowest BCUT2D eigenvalue weighted by atomic mass is 10.1. The van der Waals surface area contributed by atoms with Crippen molar-refractivity contribution < 1.29 is 9.59 Å². The van der Waals surface area contributed by atoms with Crippen molar-refractivity contribution in [2.75, 3.05) is 13.1 Å². The van der Waals surface area contributed by atoms with Gasteiger partial charge < -0.3 is 11.1 Å². The highest BCUT2D eigenvalue weighted by Crippen LogP contribution is 2.01. The number of unbranched alkanes of at least 4 members (excludes halogenated alkanes) is 1. The topological polar surface area (TPSA) is 72.2 Å². The molecule has 0 saturated heterocycles. The molecular weight excluding hydrogens is 180 g/mol. The average Bonchev–Trinajstić information content (AvgIpc) is 2.18. The monoisotopic (exact) mass is 194 g/mol.